The van der Waals surface area contributed by atoms with Gasteiger partial charge in [-0.2, -0.15) is 5.10 Å². The van der Waals surface area contributed by atoms with E-state index >= 15 is 0 Å². The Balaban J connectivity index is 1.33. The number of piperazine rings is 1. The molecular weight excluding hydrogens is 416 g/mol. The lowest BCUT2D eigenvalue weighted by Crippen LogP contribution is -2.48. The summed E-state index contributed by atoms with van der Waals surface area (Å²) in [6, 6.07) is 11.7. The molecule has 33 heavy (non-hydrogen) atoms. The van der Waals surface area contributed by atoms with Crippen molar-refractivity contribution in [1.29, 1.82) is 0 Å². The van der Waals surface area contributed by atoms with Crippen LogP contribution < -0.4 is 0 Å². The molecule has 1 aromatic carbocycles. The maximum Gasteiger partial charge on any atom is 0.257 e. The average Bonchev–Trinajstić information content (AvgIpc) is 3.45. The summed E-state index contributed by atoms with van der Waals surface area (Å²) in [5.74, 6) is 1.53. The summed E-state index contributed by atoms with van der Waals surface area (Å²) in [6.45, 7) is 6.51. The number of benzene rings is 1. The number of furan rings is 1. The number of carbonyl (C=O) groups is 1. The lowest BCUT2D eigenvalue weighted by Gasteiger charge is -2.34. The second kappa shape index (κ2) is 8.12. The smallest absolute Gasteiger partial charge is 0.257 e. The molecular formula is C25H26N6O2. The number of aromatic nitrogens is 4. The molecule has 1 amide bonds. The van der Waals surface area contributed by atoms with Crippen molar-refractivity contribution in [2.45, 2.75) is 25.7 Å². The van der Waals surface area contributed by atoms with E-state index in [-0.39, 0.29) is 5.91 Å². The number of nitrogens with zero attached hydrogens (tertiary/aromatic N) is 6. The Morgan fingerprint density at radius 3 is 2.70 bits per heavy atom. The molecule has 1 aliphatic heterocycles. The maximum absolute atomic E-state index is 13.4. The minimum absolute atomic E-state index is 0.0624. The van der Waals surface area contributed by atoms with E-state index in [9.17, 15) is 4.79 Å². The van der Waals surface area contributed by atoms with Crippen LogP contribution in [0.3, 0.4) is 0 Å². The summed E-state index contributed by atoms with van der Waals surface area (Å²) in [5, 5.41) is 5.60. The molecule has 1 aliphatic carbocycles. The van der Waals surface area contributed by atoms with E-state index in [2.05, 4.69) is 21.9 Å². The molecule has 1 saturated heterocycles. The molecule has 2 aliphatic rings. The van der Waals surface area contributed by atoms with Gasteiger partial charge in [0, 0.05) is 43.7 Å². The van der Waals surface area contributed by atoms with Crippen LogP contribution in [0.4, 0.5) is 0 Å². The topological polar surface area (TPSA) is 80.3 Å². The van der Waals surface area contributed by atoms with E-state index in [1.807, 2.05) is 41.3 Å². The summed E-state index contributed by atoms with van der Waals surface area (Å²) in [5.41, 5.74) is 3.12. The quantitative estimate of drug-likeness (QED) is 0.469. The van der Waals surface area contributed by atoms with Crippen molar-refractivity contribution in [2.75, 3.05) is 32.7 Å². The summed E-state index contributed by atoms with van der Waals surface area (Å²) in [6.07, 6.45) is 5.52. The predicted octanol–water partition coefficient (Wildman–Crippen LogP) is 3.73. The zero-order chi connectivity index (χ0) is 22.4. The second-order valence-corrected chi connectivity index (χ2v) is 8.75. The number of amides is 1. The van der Waals surface area contributed by atoms with E-state index in [0.29, 0.717) is 28.9 Å². The maximum atomic E-state index is 13.4. The minimum atomic E-state index is 0.0624. The van der Waals surface area contributed by atoms with Gasteiger partial charge in [0.05, 0.1) is 17.5 Å². The highest BCUT2D eigenvalue weighted by Crippen LogP contribution is 2.42. The summed E-state index contributed by atoms with van der Waals surface area (Å²) in [7, 11) is 0. The van der Waals surface area contributed by atoms with Gasteiger partial charge in [-0.05, 0) is 37.6 Å². The lowest BCUT2D eigenvalue weighted by atomic mass is 10.1. The molecule has 0 spiro atoms. The Morgan fingerprint density at radius 2 is 1.94 bits per heavy atom. The largest absolute Gasteiger partial charge is 0.454 e. The molecule has 8 heteroatoms. The van der Waals surface area contributed by atoms with Gasteiger partial charge < -0.3 is 14.2 Å². The Labute approximate surface area is 191 Å². The first-order valence-corrected chi connectivity index (χ1v) is 11.6. The van der Waals surface area contributed by atoms with Crippen molar-refractivity contribution >= 4 is 16.9 Å². The molecule has 168 valence electrons. The fourth-order valence-corrected chi connectivity index (χ4v) is 4.56. The van der Waals surface area contributed by atoms with Crippen LogP contribution >= 0.6 is 0 Å². The van der Waals surface area contributed by atoms with Crippen LogP contribution in [0.25, 0.3) is 28.4 Å². The van der Waals surface area contributed by atoms with Crippen molar-refractivity contribution in [3.63, 3.8) is 0 Å². The van der Waals surface area contributed by atoms with Crippen LogP contribution in [0.15, 0.2) is 53.2 Å². The van der Waals surface area contributed by atoms with Crippen molar-refractivity contribution in [2.24, 2.45) is 0 Å². The molecule has 3 aromatic heterocycles. The molecule has 1 saturated carbocycles. The first kappa shape index (κ1) is 20.1. The minimum Gasteiger partial charge on any atom is -0.454 e. The SMILES string of the molecule is CCN1CCN(C(=O)c2cnn(-c3nccc(-c4cc5ccccc5o4)n3)c2C2CC2)CC1. The van der Waals surface area contributed by atoms with Crippen LogP contribution in [0.5, 0.6) is 0 Å². The highest BCUT2D eigenvalue weighted by molar-refractivity contribution is 5.95. The van der Waals surface area contributed by atoms with Gasteiger partial charge in [0.25, 0.3) is 11.9 Å². The molecule has 0 atom stereocenters. The predicted molar refractivity (Wildman–Crippen MR) is 124 cm³/mol. The Kier molecular flexibility index (Phi) is 4.95. The Morgan fingerprint density at radius 1 is 1.12 bits per heavy atom. The number of rotatable bonds is 5. The van der Waals surface area contributed by atoms with E-state index in [4.69, 9.17) is 9.40 Å². The zero-order valence-corrected chi connectivity index (χ0v) is 18.6. The van der Waals surface area contributed by atoms with Crippen molar-refractivity contribution in [3.05, 3.63) is 60.0 Å². The number of likely N-dealkylation sites (N-methyl/N-ethyl adjacent to an activating group) is 1. The van der Waals surface area contributed by atoms with Crippen LogP contribution in [0.2, 0.25) is 0 Å². The normalized spacial score (nSPS) is 17.1. The van der Waals surface area contributed by atoms with Crippen LogP contribution in [-0.4, -0.2) is 68.2 Å². The first-order valence-electron chi connectivity index (χ1n) is 11.6. The summed E-state index contributed by atoms with van der Waals surface area (Å²) in [4.78, 5) is 26.9. The summed E-state index contributed by atoms with van der Waals surface area (Å²) >= 11 is 0. The van der Waals surface area contributed by atoms with Gasteiger partial charge in [0.1, 0.15) is 11.3 Å². The Hall–Kier alpha value is -3.52. The molecule has 2 fully saturated rings. The highest BCUT2D eigenvalue weighted by atomic mass is 16.3. The average molecular weight is 443 g/mol. The second-order valence-electron chi connectivity index (χ2n) is 8.75. The standard InChI is InChI=1S/C25H26N6O2/c1-2-29-11-13-30(14-12-29)24(32)19-16-27-31(23(19)17-7-8-17)25-26-10-9-20(28-25)22-15-18-5-3-4-6-21(18)33-22/h3-6,9-10,15-17H,2,7-8,11-14H2,1H3. The van der Waals surface area contributed by atoms with Crippen LogP contribution in [0.1, 0.15) is 41.7 Å². The van der Waals surface area contributed by atoms with E-state index in [1.165, 1.54) is 0 Å². The third kappa shape index (κ3) is 3.70. The number of hydrogen-bond donors (Lipinski definition) is 0. The van der Waals surface area contributed by atoms with Gasteiger partial charge in [-0.25, -0.2) is 14.6 Å². The summed E-state index contributed by atoms with van der Waals surface area (Å²) < 4.78 is 7.74. The van der Waals surface area contributed by atoms with Gasteiger partial charge >= 0.3 is 0 Å². The first-order chi connectivity index (χ1) is 16.2. The van der Waals surface area contributed by atoms with Gasteiger partial charge in [-0.15, -0.1) is 0 Å². The van der Waals surface area contributed by atoms with Gasteiger partial charge in [-0.1, -0.05) is 25.1 Å². The van der Waals surface area contributed by atoms with Crippen molar-refractivity contribution in [3.8, 4) is 17.4 Å². The fraction of sp³-hybridized carbons (Fsp3) is 0.360. The van der Waals surface area contributed by atoms with E-state index in [0.717, 1.165) is 62.2 Å². The molecule has 0 radical (unpaired) electrons. The molecule has 6 rings (SSSR count). The highest BCUT2D eigenvalue weighted by Gasteiger charge is 2.35. The van der Waals surface area contributed by atoms with Crippen LogP contribution in [-0.2, 0) is 0 Å². The molecule has 4 heterocycles. The number of para-hydroxylation sites is 1. The number of carbonyl (C=O) groups excluding carboxylic acids is 1. The van der Waals surface area contributed by atoms with Gasteiger partial charge in [-0.3, -0.25) is 4.79 Å². The van der Waals surface area contributed by atoms with Crippen LogP contribution in [0, 0.1) is 0 Å². The molecule has 8 nitrogen and oxygen atoms in total. The zero-order valence-electron chi connectivity index (χ0n) is 18.6. The lowest BCUT2D eigenvalue weighted by molar-refractivity contribution is 0.0642. The van der Waals surface area contributed by atoms with E-state index < -0.39 is 0 Å². The molecule has 0 bridgehead atoms. The van der Waals surface area contributed by atoms with Crippen molar-refractivity contribution < 1.29 is 9.21 Å². The number of hydrogen-bond acceptors (Lipinski definition) is 6. The van der Waals surface area contributed by atoms with Gasteiger partial charge in [0.2, 0.25) is 0 Å². The van der Waals surface area contributed by atoms with Crippen molar-refractivity contribution in [1.82, 2.24) is 29.5 Å². The number of fused-ring (bicyclic) bond motifs is 1. The Bertz CT molecular complexity index is 1280. The molecule has 0 N–H and O–H groups in total. The monoisotopic (exact) mass is 442 g/mol. The fourth-order valence-electron chi connectivity index (χ4n) is 4.56. The third-order valence-corrected chi connectivity index (χ3v) is 6.62. The van der Waals surface area contributed by atoms with E-state index in [1.54, 1.807) is 17.1 Å². The third-order valence-electron chi connectivity index (χ3n) is 6.62. The molecule has 4 aromatic rings. The molecule has 0 unspecified atom stereocenters. The van der Waals surface area contributed by atoms with Gasteiger partial charge in [0.15, 0.2) is 5.76 Å².